The van der Waals surface area contributed by atoms with Crippen LogP contribution in [0.2, 0.25) is 5.02 Å². The number of nitrogens with zero attached hydrogens (tertiary/aromatic N) is 4. The van der Waals surface area contributed by atoms with Gasteiger partial charge in [-0.3, -0.25) is 4.79 Å². The molecule has 0 amide bonds. The molecule has 3 aromatic rings. The van der Waals surface area contributed by atoms with E-state index in [1.807, 2.05) is 38.4 Å². The van der Waals surface area contributed by atoms with Crippen molar-refractivity contribution in [2.45, 2.75) is 31.7 Å². The average Bonchev–Trinajstić information content (AvgIpc) is 3.12. The topological polar surface area (TPSA) is 83.8 Å². The van der Waals surface area contributed by atoms with Crippen LogP contribution in [0.5, 0.6) is 5.75 Å². The fourth-order valence-corrected chi connectivity index (χ4v) is 3.63. The van der Waals surface area contributed by atoms with Gasteiger partial charge in [-0.2, -0.15) is 9.61 Å². The van der Waals surface area contributed by atoms with E-state index in [-0.39, 0.29) is 0 Å². The van der Waals surface area contributed by atoms with Gasteiger partial charge in [0, 0.05) is 24.3 Å². The maximum atomic E-state index is 11.4. The molecule has 0 saturated heterocycles. The van der Waals surface area contributed by atoms with Gasteiger partial charge in [-0.25, -0.2) is 4.98 Å². The summed E-state index contributed by atoms with van der Waals surface area (Å²) in [6.07, 6.45) is 6.70. The lowest BCUT2D eigenvalue weighted by Crippen LogP contribution is -2.28. The van der Waals surface area contributed by atoms with Crippen molar-refractivity contribution < 1.29 is 9.53 Å². The molecule has 2 N–H and O–H groups in total. The number of nitrogens with one attached hydrogen (secondary N) is 2. The summed E-state index contributed by atoms with van der Waals surface area (Å²) in [6, 6.07) is 7.87. The Labute approximate surface area is 186 Å². The molecule has 8 nitrogen and oxygen atoms in total. The zero-order chi connectivity index (χ0) is 21.8. The van der Waals surface area contributed by atoms with Crippen LogP contribution in [-0.4, -0.2) is 59.1 Å². The minimum atomic E-state index is 0.417. The summed E-state index contributed by atoms with van der Waals surface area (Å²) >= 11 is 6.42. The second-order valence-electron chi connectivity index (χ2n) is 8.03. The Balaban J connectivity index is 1.52. The van der Waals surface area contributed by atoms with Gasteiger partial charge in [-0.15, -0.1) is 0 Å². The smallest absolute Gasteiger partial charge is 0.170 e. The summed E-state index contributed by atoms with van der Waals surface area (Å²) in [5.41, 5.74) is 1.73. The number of aromatic nitrogens is 3. The van der Waals surface area contributed by atoms with Crippen molar-refractivity contribution in [1.82, 2.24) is 19.5 Å². The number of aldehydes is 1. The maximum Gasteiger partial charge on any atom is 0.170 e. The molecule has 1 aliphatic rings. The van der Waals surface area contributed by atoms with E-state index in [1.165, 1.54) is 12.6 Å². The Morgan fingerprint density at radius 2 is 2.16 bits per heavy atom. The number of fused-ring (bicyclic) bond motifs is 1. The van der Waals surface area contributed by atoms with E-state index in [2.05, 4.69) is 25.6 Å². The molecule has 31 heavy (non-hydrogen) atoms. The number of hydrogen-bond donors (Lipinski definition) is 2. The van der Waals surface area contributed by atoms with Gasteiger partial charge < -0.3 is 20.3 Å². The molecule has 1 saturated carbocycles. The Morgan fingerprint density at radius 1 is 1.32 bits per heavy atom. The van der Waals surface area contributed by atoms with Gasteiger partial charge in [0.2, 0.25) is 0 Å². The molecule has 0 radical (unpaired) electrons. The van der Waals surface area contributed by atoms with Crippen LogP contribution in [0, 0.1) is 0 Å². The largest absolute Gasteiger partial charge is 0.492 e. The van der Waals surface area contributed by atoms with Crippen molar-refractivity contribution in [3.05, 3.63) is 41.0 Å². The number of hydrogen-bond acceptors (Lipinski definition) is 7. The lowest BCUT2D eigenvalue weighted by Gasteiger charge is -2.27. The molecule has 2 heterocycles. The van der Waals surface area contributed by atoms with E-state index in [9.17, 15) is 4.79 Å². The standard InChI is InChI=1S/C22H27ClN6O2/c1-28(2)9-4-10-31-19-8-7-17(11-18(19)23)25-20-12-21(26-16-5-3-6-16)29-22(27-20)15(14-30)13-24-29/h7-8,11-14,16,26H,3-6,9-10H2,1-2H3,(H,25,27). The van der Waals surface area contributed by atoms with Crippen molar-refractivity contribution in [1.29, 1.82) is 0 Å². The maximum absolute atomic E-state index is 11.4. The van der Waals surface area contributed by atoms with Crippen molar-refractivity contribution in [3.63, 3.8) is 0 Å². The number of carbonyl (C=O) groups is 1. The van der Waals surface area contributed by atoms with Crippen LogP contribution in [0.4, 0.5) is 17.3 Å². The summed E-state index contributed by atoms with van der Waals surface area (Å²) in [7, 11) is 4.07. The summed E-state index contributed by atoms with van der Waals surface area (Å²) < 4.78 is 7.46. The molecule has 1 fully saturated rings. The SMILES string of the molecule is CN(C)CCCOc1ccc(Nc2cc(NC3CCC3)n3ncc(C=O)c3n2)cc1Cl. The van der Waals surface area contributed by atoms with E-state index >= 15 is 0 Å². The first-order chi connectivity index (χ1) is 15.0. The minimum Gasteiger partial charge on any atom is -0.492 e. The number of anilines is 3. The quantitative estimate of drug-likeness (QED) is 0.359. The third-order valence-corrected chi connectivity index (χ3v) is 5.59. The number of benzene rings is 1. The van der Waals surface area contributed by atoms with Crippen molar-refractivity contribution in [2.75, 3.05) is 37.9 Å². The Hall–Kier alpha value is -2.84. The molecule has 0 atom stereocenters. The predicted molar refractivity (Wildman–Crippen MR) is 123 cm³/mol. The zero-order valence-corrected chi connectivity index (χ0v) is 18.5. The molecule has 1 aliphatic carbocycles. The van der Waals surface area contributed by atoms with Gasteiger partial charge in [0.1, 0.15) is 17.4 Å². The Kier molecular flexibility index (Phi) is 6.58. The van der Waals surface area contributed by atoms with Crippen LogP contribution in [0.1, 0.15) is 36.0 Å². The van der Waals surface area contributed by atoms with Gasteiger partial charge in [0.15, 0.2) is 11.9 Å². The van der Waals surface area contributed by atoms with Crippen molar-refractivity contribution >= 4 is 40.9 Å². The highest BCUT2D eigenvalue weighted by molar-refractivity contribution is 6.32. The molecule has 4 rings (SSSR count). The monoisotopic (exact) mass is 442 g/mol. The van der Waals surface area contributed by atoms with Crippen molar-refractivity contribution in [2.24, 2.45) is 0 Å². The number of halogens is 1. The first-order valence-corrected chi connectivity index (χ1v) is 10.9. The van der Waals surface area contributed by atoms with E-state index in [0.29, 0.717) is 40.4 Å². The zero-order valence-electron chi connectivity index (χ0n) is 17.8. The molecule has 164 valence electrons. The minimum absolute atomic E-state index is 0.417. The summed E-state index contributed by atoms with van der Waals surface area (Å²) in [4.78, 5) is 18.1. The van der Waals surface area contributed by atoms with Gasteiger partial charge >= 0.3 is 0 Å². The van der Waals surface area contributed by atoms with E-state index in [4.69, 9.17) is 16.3 Å². The third-order valence-electron chi connectivity index (χ3n) is 5.29. The van der Waals surface area contributed by atoms with Gasteiger partial charge in [0.05, 0.1) is 23.4 Å². The van der Waals surface area contributed by atoms with Crippen LogP contribution < -0.4 is 15.4 Å². The Morgan fingerprint density at radius 3 is 2.84 bits per heavy atom. The van der Waals surface area contributed by atoms with E-state index < -0.39 is 0 Å². The molecule has 9 heteroatoms. The molecular formula is C22H27ClN6O2. The molecule has 1 aromatic carbocycles. The highest BCUT2D eigenvalue weighted by Crippen LogP contribution is 2.30. The second-order valence-corrected chi connectivity index (χ2v) is 8.43. The molecule has 0 unspecified atom stereocenters. The van der Waals surface area contributed by atoms with E-state index in [0.717, 1.165) is 43.6 Å². The van der Waals surface area contributed by atoms with Gasteiger partial charge in [0.25, 0.3) is 0 Å². The Bertz CT molecular complexity index is 1060. The van der Waals surface area contributed by atoms with Crippen molar-refractivity contribution in [3.8, 4) is 5.75 Å². The average molecular weight is 443 g/mol. The fourth-order valence-electron chi connectivity index (χ4n) is 3.40. The molecule has 0 aliphatic heterocycles. The number of ether oxygens (including phenoxy) is 1. The van der Waals surface area contributed by atoms with Crippen LogP contribution in [0.3, 0.4) is 0 Å². The summed E-state index contributed by atoms with van der Waals surface area (Å²) in [5.74, 6) is 2.06. The summed E-state index contributed by atoms with van der Waals surface area (Å²) in [6.45, 7) is 1.56. The normalized spacial score (nSPS) is 13.9. The molecule has 0 bridgehead atoms. The highest BCUT2D eigenvalue weighted by atomic mass is 35.5. The molecule has 2 aromatic heterocycles. The number of rotatable bonds is 10. The first-order valence-electron chi connectivity index (χ1n) is 10.5. The lowest BCUT2D eigenvalue weighted by atomic mass is 9.93. The second kappa shape index (κ2) is 9.53. The first kappa shape index (κ1) is 21.4. The third kappa shape index (κ3) is 5.08. The van der Waals surface area contributed by atoms with Crippen LogP contribution in [0.25, 0.3) is 5.65 Å². The molecular weight excluding hydrogens is 416 g/mol. The van der Waals surface area contributed by atoms with E-state index in [1.54, 1.807) is 4.52 Å². The molecule has 0 spiro atoms. The number of carbonyl (C=O) groups excluding carboxylic acids is 1. The van der Waals surface area contributed by atoms with Crippen LogP contribution in [0.15, 0.2) is 30.5 Å². The fraction of sp³-hybridized carbons (Fsp3) is 0.409. The highest BCUT2D eigenvalue weighted by Gasteiger charge is 2.20. The lowest BCUT2D eigenvalue weighted by molar-refractivity contribution is 0.112. The van der Waals surface area contributed by atoms with Gasteiger partial charge in [-0.05, 0) is 58.0 Å². The predicted octanol–water partition coefficient (Wildman–Crippen LogP) is 4.23. The van der Waals surface area contributed by atoms with Crippen LogP contribution in [-0.2, 0) is 0 Å². The van der Waals surface area contributed by atoms with Gasteiger partial charge in [-0.1, -0.05) is 11.6 Å². The summed E-state index contributed by atoms with van der Waals surface area (Å²) in [5, 5.41) is 11.6. The van der Waals surface area contributed by atoms with Crippen LogP contribution >= 0.6 is 11.6 Å².